The van der Waals surface area contributed by atoms with Crippen molar-refractivity contribution >= 4 is 11.9 Å². The van der Waals surface area contributed by atoms with Crippen LogP contribution in [0.5, 0.6) is 0 Å². The van der Waals surface area contributed by atoms with Crippen LogP contribution in [-0.4, -0.2) is 34.1 Å². The summed E-state index contributed by atoms with van der Waals surface area (Å²) in [6.45, 7) is 5.09. The van der Waals surface area contributed by atoms with Crippen LogP contribution in [0, 0.1) is 18.8 Å². The third kappa shape index (κ3) is 1.98. The maximum Gasteiger partial charge on any atom is 0.308 e. The molecule has 5 nitrogen and oxygen atoms in total. The second-order valence-corrected chi connectivity index (χ2v) is 4.39. The van der Waals surface area contributed by atoms with Crippen molar-refractivity contribution in [2.75, 3.05) is 18.0 Å². The van der Waals surface area contributed by atoms with Gasteiger partial charge in [0, 0.05) is 25.5 Å². The van der Waals surface area contributed by atoms with Crippen LogP contribution in [0.2, 0.25) is 0 Å². The van der Waals surface area contributed by atoms with Gasteiger partial charge in [-0.2, -0.15) is 0 Å². The fourth-order valence-electron chi connectivity index (χ4n) is 2.00. The summed E-state index contributed by atoms with van der Waals surface area (Å²) in [7, 11) is 0. The molecule has 0 spiro atoms. The molecule has 0 amide bonds. The van der Waals surface area contributed by atoms with Crippen LogP contribution in [0.15, 0.2) is 12.4 Å². The molecule has 0 radical (unpaired) electrons. The van der Waals surface area contributed by atoms with Gasteiger partial charge < -0.3 is 10.0 Å². The fraction of sp³-hybridized carbons (Fsp3) is 0.545. The maximum atomic E-state index is 11.0. The minimum absolute atomic E-state index is 0.141. The molecule has 86 valence electrons. The first-order chi connectivity index (χ1) is 7.58. The summed E-state index contributed by atoms with van der Waals surface area (Å²) in [6.07, 6.45) is 3.50. The number of aryl methyl sites for hydroxylation is 1. The Morgan fingerprint density at radius 2 is 2.06 bits per heavy atom. The summed E-state index contributed by atoms with van der Waals surface area (Å²) >= 11 is 0. The number of aliphatic carboxylic acids is 1. The van der Waals surface area contributed by atoms with Gasteiger partial charge in [0.05, 0.1) is 5.92 Å². The average Bonchev–Trinajstić information content (AvgIpc) is 2.61. The SMILES string of the molecule is Cc1cnc(N2C[C@@H](C)[C@H](C(=O)O)C2)nc1. The van der Waals surface area contributed by atoms with E-state index in [1.807, 2.05) is 18.7 Å². The molecule has 1 N–H and O–H groups in total. The number of nitrogens with zero attached hydrogens (tertiary/aromatic N) is 3. The van der Waals surface area contributed by atoms with Crippen LogP contribution in [0.1, 0.15) is 12.5 Å². The zero-order valence-electron chi connectivity index (χ0n) is 9.42. The molecule has 1 fully saturated rings. The number of hydrogen-bond donors (Lipinski definition) is 1. The Hall–Kier alpha value is -1.65. The van der Waals surface area contributed by atoms with Crippen LogP contribution in [0.25, 0.3) is 0 Å². The lowest BCUT2D eigenvalue weighted by Gasteiger charge is -2.15. The van der Waals surface area contributed by atoms with E-state index in [0.29, 0.717) is 19.0 Å². The Labute approximate surface area is 94.1 Å². The third-order valence-electron chi connectivity index (χ3n) is 2.98. The fourth-order valence-corrected chi connectivity index (χ4v) is 2.00. The molecule has 0 aromatic carbocycles. The first-order valence-electron chi connectivity index (χ1n) is 5.34. The molecule has 0 aliphatic carbocycles. The van der Waals surface area contributed by atoms with E-state index in [2.05, 4.69) is 9.97 Å². The Morgan fingerprint density at radius 3 is 2.56 bits per heavy atom. The molecular weight excluding hydrogens is 206 g/mol. The number of hydrogen-bond acceptors (Lipinski definition) is 4. The molecule has 1 aromatic rings. The number of carboxylic acid groups (broad SMARTS) is 1. The van der Waals surface area contributed by atoms with Crippen molar-refractivity contribution in [3.63, 3.8) is 0 Å². The van der Waals surface area contributed by atoms with Crippen molar-refractivity contribution in [1.82, 2.24) is 9.97 Å². The van der Waals surface area contributed by atoms with Gasteiger partial charge in [0.25, 0.3) is 0 Å². The molecule has 2 atom stereocenters. The van der Waals surface area contributed by atoms with E-state index in [1.165, 1.54) is 0 Å². The summed E-state index contributed by atoms with van der Waals surface area (Å²) in [4.78, 5) is 21.3. The van der Waals surface area contributed by atoms with Gasteiger partial charge in [-0.1, -0.05) is 6.92 Å². The van der Waals surface area contributed by atoms with E-state index >= 15 is 0 Å². The minimum Gasteiger partial charge on any atom is -0.481 e. The normalized spacial score (nSPS) is 24.8. The van der Waals surface area contributed by atoms with E-state index in [1.54, 1.807) is 12.4 Å². The predicted octanol–water partition coefficient (Wildman–Crippen LogP) is 0.942. The van der Waals surface area contributed by atoms with Crippen molar-refractivity contribution in [2.45, 2.75) is 13.8 Å². The smallest absolute Gasteiger partial charge is 0.308 e. The van der Waals surface area contributed by atoms with Crippen LogP contribution in [-0.2, 0) is 4.79 Å². The first-order valence-corrected chi connectivity index (χ1v) is 5.34. The molecule has 1 aromatic heterocycles. The molecule has 2 rings (SSSR count). The summed E-state index contributed by atoms with van der Waals surface area (Å²) in [6, 6.07) is 0. The first kappa shape index (κ1) is 10.9. The molecule has 0 bridgehead atoms. The van der Waals surface area contributed by atoms with E-state index in [9.17, 15) is 4.79 Å². The molecule has 1 saturated heterocycles. The Balaban J connectivity index is 2.13. The van der Waals surface area contributed by atoms with Gasteiger partial charge in [0.1, 0.15) is 0 Å². The number of carbonyl (C=O) groups is 1. The molecule has 1 aliphatic heterocycles. The van der Waals surface area contributed by atoms with Gasteiger partial charge in [-0.05, 0) is 18.4 Å². The van der Waals surface area contributed by atoms with Crippen molar-refractivity contribution in [3.05, 3.63) is 18.0 Å². The highest BCUT2D eigenvalue weighted by Crippen LogP contribution is 2.25. The quantitative estimate of drug-likeness (QED) is 0.805. The van der Waals surface area contributed by atoms with Gasteiger partial charge in [0.15, 0.2) is 0 Å². The lowest BCUT2D eigenvalue weighted by molar-refractivity contribution is -0.142. The van der Waals surface area contributed by atoms with E-state index in [4.69, 9.17) is 5.11 Å². The predicted molar refractivity (Wildman–Crippen MR) is 59.3 cm³/mol. The standard InChI is InChI=1S/C11H15N3O2/c1-7-3-12-11(13-4-7)14-5-8(2)9(6-14)10(15)16/h3-4,8-9H,5-6H2,1-2H3,(H,15,16)/t8-,9-/m1/s1. The van der Waals surface area contributed by atoms with Crippen molar-refractivity contribution in [1.29, 1.82) is 0 Å². The van der Waals surface area contributed by atoms with Crippen molar-refractivity contribution in [2.24, 2.45) is 11.8 Å². The lowest BCUT2D eigenvalue weighted by atomic mass is 9.99. The minimum atomic E-state index is -0.734. The second kappa shape index (κ2) is 4.08. The average molecular weight is 221 g/mol. The largest absolute Gasteiger partial charge is 0.481 e. The van der Waals surface area contributed by atoms with Gasteiger partial charge in [-0.3, -0.25) is 4.79 Å². The summed E-state index contributed by atoms with van der Waals surface area (Å²) in [5.74, 6) is -0.282. The summed E-state index contributed by atoms with van der Waals surface area (Å²) in [5.41, 5.74) is 1.01. The molecule has 5 heteroatoms. The molecule has 0 unspecified atom stereocenters. The van der Waals surface area contributed by atoms with Crippen LogP contribution in [0.4, 0.5) is 5.95 Å². The lowest BCUT2D eigenvalue weighted by Crippen LogP contribution is -2.24. The molecule has 1 aliphatic rings. The van der Waals surface area contributed by atoms with Crippen molar-refractivity contribution in [3.8, 4) is 0 Å². The highest BCUT2D eigenvalue weighted by atomic mass is 16.4. The molecule has 2 heterocycles. The molecule has 16 heavy (non-hydrogen) atoms. The summed E-state index contributed by atoms with van der Waals surface area (Å²) in [5, 5.41) is 9.02. The van der Waals surface area contributed by atoms with Crippen LogP contribution < -0.4 is 4.90 Å². The highest BCUT2D eigenvalue weighted by molar-refractivity contribution is 5.72. The number of carboxylic acids is 1. The maximum absolute atomic E-state index is 11.0. The number of anilines is 1. The zero-order valence-corrected chi connectivity index (χ0v) is 9.42. The topological polar surface area (TPSA) is 66.3 Å². The zero-order chi connectivity index (χ0) is 11.7. The Kier molecular flexibility index (Phi) is 2.77. The van der Waals surface area contributed by atoms with E-state index in [0.717, 1.165) is 5.56 Å². The number of aromatic nitrogens is 2. The monoisotopic (exact) mass is 221 g/mol. The van der Waals surface area contributed by atoms with Gasteiger partial charge in [-0.25, -0.2) is 9.97 Å². The van der Waals surface area contributed by atoms with Crippen LogP contribution in [0.3, 0.4) is 0 Å². The van der Waals surface area contributed by atoms with E-state index in [-0.39, 0.29) is 11.8 Å². The second-order valence-electron chi connectivity index (χ2n) is 4.39. The van der Waals surface area contributed by atoms with Gasteiger partial charge in [-0.15, -0.1) is 0 Å². The molecule has 0 saturated carbocycles. The van der Waals surface area contributed by atoms with Crippen molar-refractivity contribution < 1.29 is 9.90 Å². The highest BCUT2D eigenvalue weighted by Gasteiger charge is 2.35. The molecular formula is C11H15N3O2. The number of rotatable bonds is 2. The van der Waals surface area contributed by atoms with E-state index < -0.39 is 5.97 Å². The van der Waals surface area contributed by atoms with Crippen LogP contribution >= 0.6 is 0 Å². The Bertz CT molecular complexity index is 391. The van der Waals surface area contributed by atoms with Gasteiger partial charge >= 0.3 is 5.97 Å². The third-order valence-corrected chi connectivity index (χ3v) is 2.98. The summed E-state index contributed by atoms with van der Waals surface area (Å²) < 4.78 is 0. The van der Waals surface area contributed by atoms with Gasteiger partial charge in [0.2, 0.25) is 5.95 Å². The Morgan fingerprint density at radius 1 is 1.44 bits per heavy atom.